The molecule has 0 bridgehead atoms. The molecule has 0 fully saturated rings. The minimum absolute atomic E-state index is 0.0234. The predicted molar refractivity (Wildman–Crippen MR) is 149 cm³/mol. The first-order valence-electron chi connectivity index (χ1n) is 12.3. The Balaban J connectivity index is 1.73. The molecule has 1 aliphatic carbocycles. The molecule has 1 aromatic heterocycles. The molecule has 1 amide bonds. The number of nitro benzene ring substituents is 1. The molecule has 2 aromatic carbocycles. The van der Waals surface area contributed by atoms with Gasteiger partial charge >= 0.3 is 0 Å². The van der Waals surface area contributed by atoms with Gasteiger partial charge in [0.25, 0.3) is 11.6 Å². The van der Waals surface area contributed by atoms with Crippen molar-refractivity contribution in [3.8, 4) is 0 Å². The molecule has 3 aromatic rings. The molecule has 1 heterocycles. The van der Waals surface area contributed by atoms with Gasteiger partial charge in [-0.3, -0.25) is 14.9 Å². The highest BCUT2D eigenvalue weighted by molar-refractivity contribution is 7.16. The van der Waals surface area contributed by atoms with E-state index in [2.05, 4.69) is 5.32 Å². The number of aliphatic imine (C=N–C) groups is 1. The number of thiophene rings is 1. The van der Waals surface area contributed by atoms with Gasteiger partial charge in [-0.25, -0.2) is 4.99 Å². The van der Waals surface area contributed by atoms with E-state index in [1.54, 1.807) is 42.6 Å². The van der Waals surface area contributed by atoms with E-state index in [9.17, 15) is 14.9 Å². The molecule has 0 saturated carbocycles. The highest BCUT2D eigenvalue weighted by Gasteiger charge is 2.25. The van der Waals surface area contributed by atoms with Crippen LogP contribution in [0.5, 0.6) is 0 Å². The van der Waals surface area contributed by atoms with Crippen LogP contribution in [0.25, 0.3) is 0 Å². The second-order valence-electron chi connectivity index (χ2n) is 9.53. The molecule has 0 unspecified atom stereocenters. The normalized spacial score (nSPS) is 13.7. The number of anilines is 2. The zero-order valence-corrected chi connectivity index (χ0v) is 22.1. The molecule has 8 heteroatoms. The highest BCUT2D eigenvalue weighted by Crippen LogP contribution is 2.39. The summed E-state index contributed by atoms with van der Waals surface area (Å²) in [5, 5.41) is 15.4. The van der Waals surface area contributed by atoms with Crippen molar-refractivity contribution in [1.29, 1.82) is 0 Å². The molecule has 1 N–H and O–H groups in total. The maximum Gasteiger partial charge on any atom is 0.293 e. The third-order valence-electron chi connectivity index (χ3n) is 6.53. The molecule has 1 aliphatic rings. The number of carbonyl (C=O) groups excluding carboxylic acids is 1. The Morgan fingerprint density at radius 3 is 2.56 bits per heavy atom. The monoisotopic (exact) mass is 504 g/mol. The van der Waals surface area contributed by atoms with E-state index < -0.39 is 0 Å². The van der Waals surface area contributed by atoms with Crippen LogP contribution in [-0.2, 0) is 12.8 Å². The van der Waals surface area contributed by atoms with Crippen LogP contribution in [0.3, 0.4) is 0 Å². The summed E-state index contributed by atoms with van der Waals surface area (Å²) in [6.07, 6.45) is 7.94. The molecule has 7 nitrogen and oxygen atoms in total. The van der Waals surface area contributed by atoms with E-state index in [0.29, 0.717) is 21.8 Å². The average molecular weight is 505 g/mol. The zero-order chi connectivity index (χ0) is 25.8. The van der Waals surface area contributed by atoms with Crippen molar-refractivity contribution in [3.63, 3.8) is 0 Å². The van der Waals surface area contributed by atoms with Crippen LogP contribution in [0.4, 0.5) is 22.1 Å². The standard InChI is InChI=1S/C28H32N4O3S/c1-18-11-12-19(2)22(15-18)30-27(33)26-21-9-7-5-6-8-10-25(21)36-28(26)29-17-20-13-14-23(31(3)4)24(16-20)32(34)35/h11-17H,5-10H2,1-4H3,(H,30,33). The number of hydrogen-bond donors (Lipinski definition) is 1. The Kier molecular flexibility index (Phi) is 7.84. The van der Waals surface area contributed by atoms with Crippen molar-refractivity contribution in [2.75, 3.05) is 24.3 Å². The maximum atomic E-state index is 13.6. The summed E-state index contributed by atoms with van der Waals surface area (Å²) >= 11 is 1.57. The van der Waals surface area contributed by atoms with Crippen LogP contribution >= 0.6 is 11.3 Å². The second-order valence-corrected chi connectivity index (χ2v) is 10.6. The number of nitrogens with one attached hydrogen (secondary N) is 1. The second kappa shape index (κ2) is 11.0. The fourth-order valence-electron chi connectivity index (χ4n) is 4.56. The van der Waals surface area contributed by atoms with Crippen LogP contribution in [0.15, 0.2) is 41.4 Å². The minimum atomic E-state index is -0.382. The van der Waals surface area contributed by atoms with Gasteiger partial charge < -0.3 is 10.2 Å². The lowest BCUT2D eigenvalue weighted by atomic mass is 9.96. The van der Waals surface area contributed by atoms with Crippen LogP contribution in [0.1, 0.15) is 63.2 Å². The van der Waals surface area contributed by atoms with Gasteiger partial charge in [0.05, 0.1) is 10.5 Å². The van der Waals surface area contributed by atoms with Gasteiger partial charge in [-0.1, -0.05) is 31.0 Å². The largest absolute Gasteiger partial charge is 0.372 e. The van der Waals surface area contributed by atoms with E-state index in [1.165, 1.54) is 17.4 Å². The molecule has 188 valence electrons. The average Bonchev–Trinajstić information content (AvgIpc) is 3.16. The van der Waals surface area contributed by atoms with Crippen molar-refractivity contribution >= 4 is 45.5 Å². The Hall–Kier alpha value is -3.52. The fraction of sp³-hybridized carbons (Fsp3) is 0.357. The summed E-state index contributed by atoms with van der Waals surface area (Å²) in [7, 11) is 3.55. The number of carbonyl (C=O) groups is 1. The van der Waals surface area contributed by atoms with Crippen LogP contribution < -0.4 is 10.2 Å². The van der Waals surface area contributed by atoms with Crippen molar-refractivity contribution in [3.05, 3.63) is 79.2 Å². The van der Waals surface area contributed by atoms with E-state index in [-0.39, 0.29) is 16.5 Å². The van der Waals surface area contributed by atoms with Crippen LogP contribution in [0.2, 0.25) is 0 Å². The van der Waals surface area contributed by atoms with Gasteiger partial charge in [-0.2, -0.15) is 0 Å². The lowest BCUT2D eigenvalue weighted by Crippen LogP contribution is -2.15. The first-order valence-corrected chi connectivity index (χ1v) is 13.1. The minimum Gasteiger partial charge on any atom is -0.372 e. The lowest BCUT2D eigenvalue weighted by molar-refractivity contribution is -0.384. The van der Waals surface area contributed by atoms with Crippen molar-refractivity contribution in [2.45, 2.75) is 52.4 Å². The molecule has 0 saturated heterocycles. The van der Waals surface area contributed by atoms with Crippen LogP contribution in [0, 0.1) is 24.0 Å². The lowest BCUT2D eigenvalue weighted by Gasteiger charge is -2.13. The summed E-state index contributed by atoms with van der Waals surface area (Å²) < 4.78 is 0. The Morgan fingerprint density at radius 2 is 1.83 bits per heavy atom. The SMILES string of the molecule is Cc1ccc(C)c(NC(=O)c2c(N=Cc3ccc(N(C)C)c([N+](=O)[O-])c3)sc3c2CCCCCC3)c1. The Labute approximate surface area is 216 Å². The molecule has 0 atom stereocenters. The fourth-order valence-corrected chi connectivity index (χ4v) is 5.79. The van der Waals surface area contributed by atoms with Gasteiger partial charge in [-0.05, 0) is 73.9 Å². The Bertz CT molecular complexity index is 1330. The number of aryl methyl sites for hydroxylation is 3. The summed E-state index contributed by atoms with van der Waals surface area (Å²) in [5.74, 6) is -0.150. The quantitative estimate of drug-likeness (QED) is 0.222. The molecular weight excluding hydrogens is 472 g/mol. The summed E-state index contributed by atoms with van der Waals surface area (Å²) in [4.78, 5) is 32.5. The number of rotatable bonds is 6. The van der Waals surface area contributed by atoms with E-state index in [0.717, 1.165) is 54.5 Å². The summed E-state index contributed by atoms with van der Waals surface area (Å²) in [6.45, 7) is 3.99. The van der Waals surface area contributed by atoms with Gasteiger partial charge in [-0.15, -0.1) is 11.3 Å². The number of nitrogens with zero attached hydrogens (tertiary/aromatic N) is 3. The third kappa shape index (κ3) is 5.65. The highest BCUT2D eigenvalue weighted by atomic mass is 32.1. The van der Waals surface area contributed by atoms with Crippen molar-refractivity contribution in [2.24, 2.45) is 4.99 Å². The summed E-state index contributed by atoms with van der Waals surface area (Å²) in [6, 6.07) is 11.1. The van der Waals surface area contributed by atoms with Gasteiger partial charge in [0, 0.05) is 36.9 Å². The zero-order valence-electron chi connectivity index (χ0n) is 21.3. The van der Waals surface area contributed by atoms with Crippen LogP contribution in [-0.4, -0.2) is 31.1 Å². The first-order chi connectivity index (χ1) is 17.2. The number of hydrogen-bond acceptors (Lipinski definition) is 6. The Morgan fingerprint density at radius 1 is 1.08 bits per heavy atom. The topological polar surface area (TPSA) is 87.8 Å². The van der Waals surface area contributed by atoms with Gasteiger partial charge in [0.2, 0.25) is 0 Å². The first kappa shape index (κ1) is 25.6. The smallest absolute Gasteiger partial charge is 0.293 e. The number of benzene rings is 2. The third-order valence-corrected chi connectivity index (χ3v) is 7.73. The van der Waals surface area contributed by atoms with Crippen molar-refractivity contribution in [1.82, 2.24) is 0 Å². The molecule has 0 aliphatic heterocycles. The van der Waals surface area contributed by atoms with E-state index in [4.69, 9.17) is 4.99 Å². The molecular formula is C28H32N4O3S. The van der Waals surface area contributed by atoms with Gasteiger partial charge in [0.15, 0.2) is 0 Å². The number of amides is 1. The van der Waals surface area contributed by atoms with E-state index >= 15 is 0 Å². The number of fused-ring (bicyclic) bond motifs is 1. The van der Waals surface area contributed by atoms with E-state index in [1.807, 2.05) is 38.1 Å². The molecule has 0 radical (unpaired) electrons. The molecule has 36 heavy (non-hydrogen) atoms. The maximum absolute atomic E-state index is 13.6. The molecule has 0 spiro atoms. The number of nitro groups is 1. The summed E-state index contributed by atoms with van der Waals surface area (Å²) in [5.41, 5.74) is 5.80. The van der Waals surface area contributed by atoms with Crippen molar-refractivity contribution < 1.29 is 9.72 Å². The van der Waals surface area contributed by atoms with Gasteiger partial charge in [0.1, 0.15) is 10.7 Å². The molecule has 4 rings (SSSR count). The predicted octanol–water partition coefficient (Wildman–Crippen LogP) is 7.00.